The highest BCUT2D eigenvalue weighted by atomic mass is 16.4. The number of carboxylic acids is 1. The van der Waals surface area contributed by atoms with Crippen LogP contribution >= 0.6 is 0 Å². The van der Waals surface area contributed by atoms with Crippen LogP contribution in [0.5, 0.6) is 0 Å². The Kier molecular flexibility index (Phi) is 6.82. The van der Waals surface area contributed by atoms with Crippen LogP contribution in [-0.4, -0.2) is 29.7 Å². The Bertz CT molecular complexity index is 535. The number of carboxylic acid groups (broad SMARTS) is 1. The quantitative estimate of drug-likeness (QED) is 0.672. The maximum atomic E-state index is 11.7. The predicted molar refractivity (Wildman–Crippen MR) is 81.2 cm³/mol. The second-order valence-electron chi connectivity index (χ2n) is 4.67. The van der Waals surface area contributed by atoms with Crippen molar-refractivity contribution in [3.05, 3.63) is 35.4 Å². The highest BCUT2D eigenvalue weighted by Crippen LogP contribution is 2.05. The summed E-state index contributed by atoms with van der Waals surface area (Å²) in [5, 5.41) is 14.4. The van der Waals surface area contributed by atoms with Crippen LogP contribution in [0.3, 0.4) is 0 Å². The van der Waals surface area contributed by atoms with E-state index in [0.717, 1.165) is 12.0 Å². The molecule has 5 heteroatoms. The van der Waals surface area contributed by atoms with Crippen LogP contribution in [0.15, 0.2) is 24.3 Å². The number of carbonyl (C=O) groups excluding carboxylic acids is 1. The molecule has 112 valence electrons. The lowest BCUT2D eigenvalue weighted by molar-refractivity contribution is 0.0696. The fourth-order valence-corrected chi connectivity index (χ4v) is 1.86. The van der Waals surface area contributed by atoms with Gasteiger partial charge in [0.05, 0.1) is 5.56 Å². The molecule has 0 aromatic heterocycles. The fraction of sp³-hybridized carbons (Fsp3) is 0.375. The molecule has 0 saturated carbocycles. The molecule has 1 unspecified atom stereocenters. The van der Waals surface area contributed by atoms with Crippen molar-refractivity contribution in [1.82, 2.24) is 10.6 Å². The first-order valence-corrected chi connectivity index (χ1v) is 6.86. The zero-order valence-corrected chi connectivity index (χ0v) is 12.1. The zero-order chi connectivity index (χ0) is 15.7. The summed E-state index contributed by atoms with van der Waals surface area (Å²) in [5.74, 6) is 1.57. The first-order valence-electron chi connectivity index (χ1n) is 6.86. The van der Waals surface area contributed by atoms with Gasteiger partial charge in [0.1, 0.15) is 0 Å². The standard InChI is InChI=1S/C16H20N2O3/c1-3-6-14(4-2)18-16(21)17-10-9-12-7-5-8-13(11-12)15(19)20/h1,5,7-8,11,14H,4,6,9-10H2,2H3,(H,19,20)(H2,17,18,21). The number of urea groups is 1. The van der Waals surface area contributed by atoms with Gasteiger partial charge in [-0.2, -0.15) is 0 Å². The molecule has 0 radical (unpaired) electrons. The summed E-state index contributed by atoms with van der Waals surface area (Å²) >= 11 is 0. The minimum Gasteiger partial charge on any atom is -0.478 e. The van der Waals surface area contributed by atoms with E-state index in [1.165, 1.54) is 6.07 Å². The van der Waals surface area contributed by atoms with Crippen molar-refractivity contribution in [1.29, 1.82) is 0 Å². The molecular weight excluding hydrogens is 268 g/mol. The second-order valence-corrected chi connectivity index (χ2v) is 4.67. The number of hydrogen-bond donors (Lipinski definition) is 3. The summed E-state index contributed by atoms with van der Waals surface area (Å²) in [4.78, 5) is 22.5. The third-order valence-corrected chi connectivity index (χ3v) is 3.07. The van der Waals surface area contributed by atoms with Crippen LogP contribution in [0.25, 0.3) is 0 Å². The van der Waals surface area contributed by atoms with Crippen molar-refractivity contribution in [3.8, 4) is 12.3 Å². The van der Waals surface area contributed by atoms with E-state index in [0.29, 0.717) is 19.4 Å². The third kappa shape index (κ3) is 6.00. The lowest BCUT2D eigenvalue weighted by Gasteiger charge is -2.15. The molecule has 1 rings (SSSR count). The Labute approximate surface area is 124 Å². The summed E-state index contributed by atoms with van der Waals surface area (Å²) in [6.45, 7) is 2.39. The maximum absolute atomic E-state index is 11.7. The van der Waals surface area contributed by atoms with E-state index in [9.17, 15) is 9.59 Å². The van der Waals surface area contributed by atoms with Crippen molar-refractivity contribution in [2.45, 2.75) is 32.2 Å². The normalized spacial score (nSPS) is 11.2. The molecule has 0 aliphatic carbocycles. The van der Waals surface area contributed by atoms with E-state index >= 15 is 0 Å². The number of hydrogen-bond acceptors (Lipinski definition) is 2. The Balaban J connectivity index is 2.39. The Morgan fingerprint density at radius 2 is 2.19 bits per heavy atom. The largest absolute Gasteiger partial charge is 0.478 e. The fourth-order valence-electron chi connectivity index (χ4n) is 1.86. The van der Waals surface area contributed by atoms with Gasteiger partial charge in [-0.3, -0.25) is 0 Å². The van der Waals surface area contributed by atoms with Gasteiger partial charge < -0.3 is 15.7 Å². The number of terminal acetylenes is 1. The van der Waals surface area contributed by atoms with E-state index in [1.54, 1.807) is 12.1 Å². The minimum atomic E-state index is -0.956. The van der Waals surface area contributed by atoms with Gasteiger partial charge in [0, 0.05) is 19.0 Å². The van der Waals surface area contributed by atoms with E-state index in [2.05, 4.69) is 16.6 Å². The van der Waals surface area contributed by atoms with Crippen molar-refractivity contribution in [2.24, 2.45) is 0 Å². The molecule has 0 saturated heterocycles. The van der Waals surface area contributed by atoms with Crippen molar-refractivity contribution in [2.75, 3.05) is 6.54 Å². The number of nitrogens with one attached hydrogen (secondary N) is 2. The van der Waals surface area contributed by atoms with E-state index in [4.69, 9.17) is 11.5 Å². The van der Waals surface area contributed by atoms with Gasteiger partial charge in [0.2, 0.25) is 0 Å². The number of benzene rings is 1. The molecular formula is C16H20N2O3. The Morgan fingerprint density at radius 3 is 2.81 bits per heavy atom. The zero-order valence-electron chi connectivity index (χ0n) is 12.1. The topological polar surface area (TPSA) is 78.4 Å². The van der Waals surface area contributed by atoms with Crippen molar-refractivity contribution < 1.29 is 14.7 Å². The van der Waals surface area contributed by atoms with Crippen LogP contribution in [0.2, 0.25) is 0 Å². The second kappa shape index (κ2) is 8.64. The van der Waals surface area contributed by atoms with Gasteiger partial charge in [0.25, 0.3) is 0 Å². The summed E-state index contributed by atoms with van der Waals surface area (Å²) < 4.78 is 0. The van der Waals surface area contributed by atoms with Gasteiger partial charge >= 0.3 is 12.0 Å². The molecule has 0 heterocycles. The number of rotatable bonds is 7. The van der Waals surface area contributed by atoms with E-state index in [1.807, 2.05) is 13.0 Å². The molecule has 1 atom stereocenters. The number of amides is 2. The van der Waals surface area contributed by atoms with Gasteiger partial charge in [-0.15, -0.1) is 12.3 Å². The van der Waals surface area contributed by atoms with E-state index in [-0.39, 0.29) is 17.6 Å². The minimum absolute atomic E-state index is 0.0228. The molecule has 5 nitrogen and oxygen atoms in total. The molecule has 0 fully saturated rings. The molecule has 0 aliphatic heterocycles. The number of aromatic carboxylic acids is 1. The lowest BCUT2D eigenvalue weighted by Crippen LogP contribution is -2.42. The summed E-state index contributed by atoms with van der Waals surface area (Å²) in [5.41, 5.74) is 1.11. The highest BCUT2D eigenvalue weighted by molar-refractivity contribution is 5.87. The van der Waals surface area contributed by atoms with Crippen LogP contribution in [0, 0.1) is 12.3 Å². The van der Waals surface area contributed by atoms with Crippen LogP contribution in [0.1, 0.15) is 35.7 Å². The van der Waals surface area contributed by atoms with E-state index < -0.39 is 5.97 Å². The summed E-state index contributed by atoms with van der Waals surface area (Å²) in [7, 11) is 0. The molecule has 0 aliphatic rings. The van der Waals surface area contributed by atoms with Gasteiger partial charge in [-0.25, -0.2) is 9.59 Å². The summed E-state index contributed by atoms with van der Waals surface area (Å²) in [6.07, 6.45) is 7.08. The Morgan fingerprint density at radius 1 is 1.43 bits per heavy atom. The SMILES string of the molecule is C#CCC(CC)NC(=O)NCCc1cccc(C(=O)O)c1. The highest BCUT2D eigenvalue weighted by Gasteiger charge is 2.08. The van der Waals surface area contributed by atoms with Gasteiger partial charge in [-0.05, 0) is 30.5 Å². The molecule has 2 amide bonds. The molecule has 3 N–H and O–H groups in total. The van der Waals surface area contributed by atoms with Gasteiger partial charge in [0.15, 0.2) is 0 Å². The lowest BCUT2D eigenvalue weighted by atomic mass is 10.1. The first-order chi connectivity index (χ1) is 10.1. The monoisotopic (exact) mass is 288 g/mol. The average molecular weight is 288 g/mol. The predicted octanol–water partition coefficient (Wildman–Crippen LogP) is 2.03. The summed E-state index contributed by atoms with van der Waals surface area (Å²) in [6, 6.07) is 6.39. The Hall–Kier alpha value is -2.48. The molecule has 0 bridgehead atoms. The van der Waals surface area contributed by atoms with Crippen molar-refractivity contribution in [3.63, 3.8) is 0 Å². The average Bonchev–Trinajstić information content (AvgIpc) is 2.47. The van der Waals surface area contributed by atoms with Gasteiger partial charge in [-0.1, -0.05) is 19.1 Å². The number of carbonyl (C=O) groups is 2. The molecule has 1 aromatic rings. The molecule has 1 aromatic carbocycles. The van der Waals surface area contributed by atoms with Crippen molar-refractivity contribution >= 4 is 12.0 Å². The third-order valence-electron chi connectivity index (χ3n) is 3.07. The first kappa shape index (κ1) is 16.6. The van der Waals surface area contributed by atoms with Crippen LogP contribution < -0.4 is 10.6 Å². The van der Waals surface area contributed by atoms with Crippen LogP contribution in [-0.2, 0) is 6.42 Å². The van der Waals surface area contributed by atoms with Crippen LogP contribution in [0.4, 0.5) is 4.79 Å². The molecule has 0 spiro atoms. The smallest absolute Gasteiger partial charge is 0.335 e. The maximum Gasteiger partial charge on any atom is 0.335 e. The molecule has 21 heavy (non-hydrogen) atoms.